The molecule has 1 N–H and O–H groups in total. The number of halogens is 1. The van der Waals surface area contributed by atoms with E-state index in [9.17, 15) is 25.0 Å². The number of carbonyl (C=O) groups excluding carboxylic acids is 1. The lowest BCUT2D eigenvalue weighted by atomic mass is 10.2. The lowest BCUT2D eigenvalue weighted by Crippen LogP contribution is -2.25. The number of rotatable bonds is 8. The average Bonchev–Trinajstić information content (AvgIpc) is 2.67. The van der Waals surface area contributed by atoms with E-state index in [1.165, 1.54) is 6.21 Å². The number of hydrogen-bond acceptors (Lipinski definition) is 8. The molecule has 0 aromatic heterocycles. The van der Waals surface area contributed by atoms with Gasteiger partial charge >= 0.3 is 5.69 Å². The molecule has 0 radical (unpaired) electrons. The largest absolute Gasteiger partial charge is 0.492 e. The van der Waals surface area contributed by atoms with Crippen LogP contribution in [0.25, 0.3) is 0 Å². The van der Waals surface area contributed by atoms with E-state index in [1.807, 2.05) is 0 Å². The molecule has 12 heteroatoms. The minimum Gasteiger partial charge on any atom is -0.492 e. The summed E-state index contributed by atoms with van der Waals surface area (Å²) in [6.07, 6.45) is 1.36. The van der Waals surface area contributed by atoms with Crippen molar-refractivity contribution in [1.29, 1.82) is 0 Å². The van der Waals surface area contributed by atoms with Crippen LogP contribution in [0.15, 0.2) is 41.5 Å². The van der Waals surface area contributed by atoms with Gasteiger partial charge in [0.25, 0.3) is 11.6 Å². The molecular weight excluding hydrogens is 396 g/mol. The Morgan fingerprint density at radius 1 is 1.21 bits per heavy atom. The second-order valence-electron chi connectivity index (χ2n) is 5.14. The van der Waals surface area contributed by atoms with E-state index in [0.717, 1.165) is 13.2 Å². The third kappa shape index (κ3) is 5.38. The lowest BCUT2D eigenvalue weighted by Gasteiger charge is -2.10. The molecule has 2 aromatic rings. The zero-order chi connectivity index (χ0) is 20.7. The fourth-order valence-corrected chi connectivity index (χ4v) is 2.13. The zero-order valence-electron chi connectivity index (χ0n) is 14.3. The third-order valence-corrected chi connectivity index (χ3v) is 3.52. The van der Waals surface area contributed by atoms with Crippen LogP contribution < -0.4 is 14.9 Å². The van der Waals surface area contributed by atoms with E-state index in [0.29, 0.717) is 16.7 Å². The summed E-state index contributed by atoms with van der Waals surface area (Å²) >= 11 is 5.76. The Balaban J connectivity index is 2.08. The molecule has 0 unspecified atom stereocenters. The second kappa shape index (κ2) is 9.28. The maximum Gasteiger partial charge on any atom is 0.321 e. The average molecular weight is 409 g/mol. The lowest BCUT2D eigenvalue weighted by molar-refractivity contribution is -0.394. The molecule has 0 saturated carbocycles. The Kier molecular flexibility index (Phi) is 6.82. The fraction of sp³-hybridized carbons (Fsp3) is 0.125. The molecule has 1 amide bonds. The highest BCUT2D eigenvalue weighted by Crippen LogP contribution is 2.40. The number of benzene rings is 2. The zero-order valence-corrected chi connectivity index (χ0v) is 15.1. The fourth-order valence-electron chi connectivity index (χ4n) is 2.01. The highest BCUT2D eigenvalue weighted by molar-refractivity contribution is 6.30. The maximum atomic E-state index is 11.8. The maximum absolute atomic E-state index is 11.8. The molecule has 0 aliphatic rings. The van der Waals surface area contributed by atoms with Crippen LogP contribution in [0, 0.1) is 20.2 Å². The number of non-ortho nitro benzene ring substituents is 1. The van der Waals surface area contributed by atoms with Crippen LogP contribution in [0.4, 0.5) is 11.4 Å². The van der Waals surface area contributed by atoms with Crippen molar-refractivity contribution in [3.05, 3.63) is 67.2 Å². The van der Waals surface area contributed by atoms with Crippen molar-refractivity contribution in [2.24, 2.45) is 5.10 Å². The quantitative estimate of drug-likeness (QED) is 0.401. The molecule has 0 fully saturated rings. The second-order valence-corrected chi connectivity index (χ2v) is 5.58. The summed E-state index contributed by atoms with van der Waals surface area (Å²) in [5.41, 5.74) is 1.61. The topological polar surface area (TPSA) is 146 Å². The molecule has 0 saturated heterocycles. The summed E-state index contributed by atoms with van der Waals surface area (Å²) in [4.78, 5) is 32.2. The number of nitrogens with zero attached hydrogens (tertiary/aromatic N) is 3. The summed E-state index contributed by atoms with van der Waals surface area (Å²) in [5, 5.41) is 26.3. The molecule has 0 bridgehead atoms. The molecule has 2 rings (SSSR count). The van der Waals surface area contributed by atoms with Gasteiger partial charge in [0.1, 0.15) is 0 Å². The Labute approximate surface area is 162 Å². The van der Waals surface area contributed by atoms with Crippen molar-refractivity contribution in [2.75, 3.05) is 13.7 Å². The van der Waals surface area contributed by atoms with Gasteiger partial charge in [0.15, 0.2) is 12.4 Å². The normalized spacial score (nSPS) is 10.5. The molecule has 0 atom stereocenters. The van der Waals surface area contributed by atoms with Gasteiger partial charge in [0, 0.05) is 5.02 Å². The number of amides is 1. The summed E-state index contributed by atoms with van der Waals surface area (Å²) in [6, 6.07) is 8.33. The number of nitrogens with one attached hydrogen (secondary N) is 1. The first-order valence-corrected chi connectivity index (χ1v) is 7.90. The Morgan fingerprint density at radius 3 is 2.46 bits per heavy atom. The summed E-state index contributed by atoms with van der Waals surface area (Å²) in [5.74, 6) is -1.37. The van der Waals surface area contributed by atoms with E-state index < -0.39 is 39.5 Å². The highest BCUT2D eigenvalue weighted by Gasteiger charge is 2.27. The Hall–Kier alpha value is -3.73. The first kappa shape index (κ1) is 20.6. The Bertz CT molecular complexity index is 931. The van der Waals surface area contributed by atoms with E-state index in [2.05, 4.69) is 10.5 Å². The molecule has 0 spiro atoms. The molecule has 11 nitrogen and oxygen atoms in total. The number of hydrazone groups is 1. The first-order valence-electron chi connectivity index (χ1n) is 7.53. The predicted molar refractivity (Wildman–Crippen MR) is 99.0 cm³/mol. The summed E-state index contributed by atoms with van der Waals surface area (Å²) < 4.78 is 10.0. The van der Waals surface area contributed by atoms with Gasteiger partial charge in [-0.2, -0.15) is 5.10 Å². The van der Waals surface area contributed by atoms with E-state index in [-0.39, 0.29) is 5.75 Å². The minimum atomic E-state index is -0.874. The predicted octanol–water partition coefficient (Wildman–Crippen LogP) is 2.69. The van der Waals surface area contributed by atoms with Crippen molar-refractivity contribution >= 4 is 35.1 Å². The van der Waals surface area contributed by atoms with Crippen LogP contribution >= 0.6 is 11.6 Å². The van der Waals surface area contributed by atoms with Crippen LogP contribution in [-0.2, 0) is 4.79 Å². The first-order chi connectivity index (χ1) is 13.3. The van der Waals surface area contributed by atoms with Gasteiger partial charge in [0.05, 0.1) is 35.3 Å². The van der Waals surface area contributed by atoms with Gasteiger partial charge in [-0.1, -0.05) is 23.7 Å². The van der Waals surface area contributed by atoms with Crippen LogP contribution in [0.2, 0.25) is 5.02 Å². The van der Waals surface area contributed by atoms with Crippen molar-refractivity contribution < 1.29 is 24.1 Å². The van der Waals surface area contributed by atoms with Crippen LogP contribution in [0.1, 0.15) is 5.56 Å². The standard InChI is InChI=1S/C16H13ClN4O7/c1-27-14-7-12(20(23)24)6-13(21(25)26)16(14)28-9-15(22)19-18-8-10-2-4-11(17)5-3-10/h2-8H,9H2,1H3,(H,19,22)/b18-8+. The van der Waals surface area contributed by atoms with Crippen molar-refractivity contribution in [3.8, 4) is 11.5 Å². The smallest absolute Gasteiger partial charge is 0.321 e. The van der Waals surface area contributed by atoms with E-state index in [4.69, 9.17) is 21.1 Å². The van der Waals surface area contributed by atoms with Gasteiger partial charge in [-0.05, 0) is 17.7 Å². The molecule has 0 heterocycles. The monoisotopic (exact) mass is 408 g/mol. The van der Waals surface area contributed by atoms with E-state index in [1.54, 1.807) is 24.3 Å². The number of carbonyl (C=O) groups is 1. The number of hydrogen-bond donors (Lipinski definition) is 1. The van der Waals surface area contributed by atoms with Crippen molar-refractivity contribution in [1.82, 2.24) is 5.43 Å². The van der Waals surface area contributed by atoms with Crippen molar-refractivity contribution in [3.63, 3.8) is 0 Å². The summed E-state index contributed by atoms with van der Waals surface area (Å²) in [6.45, 7) is -0.632. The molecular formula is C16H13ClN4O7. The number of methoxy groups -OCH3 is 1. The molecule has 0 aliphatic heterocycles. The van der Waals surface area contributed by atoms with Gasteiger partial charge < -0.3 is 9.47 Å². The molecule has 0 aliphatic carbocycles. The van der Waals surface area contributed by atoms with Crippen LogP contribution in [0.5, 0.6) is 11.5 Å². The minimum absolute atomic E-state index is 0.252. The number of nitro benzene ring substituents is 2. The number of nitro groups is 2. The summed E-state index contributed by atoms with van der Waals surface area (Å²) in [7, 11) is 1.16. The SMILES string of the molecule is COc1cc([N+](=O)[O-])cc([N+](=O)[O-])c1OCC(=O)N/N=C/c1ccc(Cl)cc1. The third-order valence-electron chi connectivity index (χ3n) is 3.27. The van der Waals surface area contributed by atoms with Crippen LogP contribution in [0.3, 0.4) is 0 Å². The molecule has 28 heavy (non-hydrogen) atoms. The number of ether oxygens (including phenoxy) is 2. The van der Waals surface area contributed by atoms with Gasteiger partial charge in [0.2, 0.25) is 5.75 Å². The van der Waals surface area contributed by atoms with Crippen LogP contribution in [-0.4, -0.2) is 35.7 Å². The molecule has 146 valence electrons. The molecule has 2 aromatic carbocycles. The van der Waals surface area contributed by atoms with Crippen molar-refractivity contribution in [2.45, 2.75) is 0 Å². The van der Waals surface area contributed by atoms with Gasteiger partial charge in [-0.3, -0.25) is 25.0 Å². The Morgan fingerprint density at radius 2 is 1.89 bits per heavy atom. The highest BCUT2D eigenvalue weighted by atomic mass is 35.5. The van der Waals surface area contributed by atoms with Gasteiger partial charge in [-0.25, -0.2) is 5.43 Å². The van der Waals surface area contributed by atoms with Gasteiger partial charge in [-0.15, -0.1) is 0 Å². The van der Waals surface area contributed by atoms with E-state index >= 15 is 0 Å².